The van der Waals surface area contributed by atoms with Crippen molar-refractivity contribution < 1.29 is 17.6 Å². The molecule has 10 nitrogen and oxygen atoms in total. The highest BCUT2D eigenvalue weighted by molar-refractivity contribution is 7.89. The standard InChI is InChI=1S/C22H24N6O4S/c1-31-17-6-4-5-16(15-17)19-20(28-12-13-32-22(28)26-19)18-7-8-23-21(25-18)24-9-11-27-10-2-3-14-33(27,29)30/h4-8,12-13,15H,2-3,9-11,14H2,1H3,(H,23,24,25). The van der Waals surface area contributed by atoms with Crippen molar-refractivity contribution >= 4 is 21.8 Å². The van der Waals surface area contributed by atoms with E-state index in [2.05, 4.69) is 20.3 Å². The van der Waals surface area contributed by atoms with Gasteiger partial charge in [-0.1, -0.05) is 12.1 Å². The molecule has 11 heteroatoms. The number of methoxy groups -OCH3 is 1. The number of rotatable bonds is 7. The maximum atomic E-state index is 12.2. The fraction of sp³-hybridized carbons (Fsp3) is 0.318. The number of sulfonamides is 1. The number of oxazole rings is 1. The molecule has 0 radical (unpaired) electrons. The lowest BCUT2D eigenvalue weighted by Crippen LogP contribution is -2.40. The number of nitrogens with one attached hydrogen (secondary N) is 1. The molecule has 172 valence electrons. The highest BCUT2D eigenvalue weighted by Crippen LogP contribution is 2.33. The van der Waals surface area contributed by atoms with Gasteiger partial charge < -0.3 is 14.5 Å². The maximum Gasteiger partial charge on any atom is 0.306 e. The van der Waals surface area contributed by atoms with E-state index in [4.69, 9.17) is 9.15 Å². The molecule has 0 unspecified atom stereocenters. The van der Waals surface area contributed by atoms with E-state index in [-0.39, 0.29) is 5.75 Å². The minimum absolute atomic E-state index is 0.216. The Morgan fingerprint density at radius 1 is 1.21 bits per heavy atom. The third-order valence-electron chi connectivity index (χ3n) is 5.60. The molecule has 1 aromatic carbocycles. The second kappa shape index (κ2) is 8.83. The number of benzene rings is 1. The van der Waals surface area contributed by atoms with Crippen molar-refractivity contribution in [2.75, 3.05) is 37.8 Å². The minimum Gasteiger partial charge on any atom is -0.497 e. The predicted octanol–water partition coefficient (Wildman–Crippen LogP) is 2.90. The zero-order valence-corrected chi connectivity index (χ0v) is 19.0. The van der Waals surface area contributed by atoms with E-state index in [0.29, 0.717) is 42.8 Å². The van der Waals surface area contributed by atoms with Gasteiger partial charge in [0.25, 0.3) is 0 Å². The summed E-state index contributed by atoms with van der Waals surface area (Å²) in [6.45, 7) is 1.35. The third-order valence-corrected chi connectivity index (χ3v) is 7.56. The van der Waals surface area contributed by atoms with Gasteiger partial charge in [0.2, 0.25) is 16.0 Å². The van der Waals surface area contributed by atoms with Crippen LogP contribution < -0.4 is 10.1 Å². The molecule has 5 rings (SSSR count). The molecule has 1 aliphatic rings. The number of fused-ring (bicyclic) bond motifs is 1. The molecule has 1 N–H and O–H groups in total. The van der Waals surface area contributed by atoms with Crippen molar-refractivity contribution in [3.05, 3.63) is 49.0 Å². The van der Waals surface area contributed by atoms with Gasteiger partial charge in [0.05, 0.1) is 18.6 Å². The number of hydrogen-bond donors (Lipinski definition) is 1. The molecule has 0 aliphatic carbocycles. The van der Waals surface area contributed by atoms with Crippen LogP contribution >= 0.6 is 0 Å². The van der Waals surface area contributed by atoms with Crippen LogP contribution in [0.15, 0.2) is 53.4 Å². The Morgan fingerprint density at radius 2 is 2.12 bits per heavy atom. The van der Waals surface area contributed by atoms with Gasteiger partial charge in [0, 0.05) is 37.6 Å². The molecule has 0 bridgehead atoms. The number of imidazole rings is 1. The molecule has 3 aromatic heterocycles. The smallest absolute Gasteiger partial charge is 0.306 e. The number of anilines is 1. The van der Waals surface area contributed by atoms with Crippen LogP contribution in [0.1, 0.15) is 12.8 Å². The Labute approximate surface area is 191 Å². The fourth-order valence-electron chi connectivity index (χ4n) is 3.96. The first-order valence-electron chi connectivity index (χ1n) is 10.7. The lowest BCUT2D eigenvalue weighted by Gasteiger charge is -2.26. The summed E-state index contributed by atoms with van der Waals surface area (Å²) in [6.07, 6.45) is 6.64. The van der Waals surface area contributed by atoms with Gasteiger partial charge in [0.15, 0.2) is 0 Å². The van der Waals surface area contributed by atoms with Gasteiger partial charge >= 0.3 is 5.84 Å². The van der Waals surface area contributed by atoms with Crippen molar-refractivity contribution in [2.45, 2.75) is 12.8 Å². The van der Waals surface area contributed by atoms with Gasteiger partial charge in [-0.15, -0.1) is 0 Å². The number of aromatic nitrogens is 4. The zero-order chi connectivity index (χ0) is 22.8. The molecule has 0 amide bonds. The minimum atomic E-state index is -3.16. The van der Waals surface area contributed by atoms with Gasteiger partial charge in [-0.2, -0.15) is 4.98 Å². The number of ether oxygens (including phenoxy) is 1. The second-order valence-electron chi connectivity index (χ2n) is 7.71. The van der Waals surface area contributed by atoms with E-state index in [9.17, 15) is 8.42 Å². The first-order valence-corrected chi connectivity index (χ1v) is 12.3. The third kappa shape index (κ3) is 4.29. The van der Waals surface area contributed by atoms with E-state index >= 15 is 0 Å². The Bertz CT molecular complexity index is 1380. The van der Waals surface area contributed by atoms with Crippen molar-refractivity contribution in [1.82, 2.24) is 23.7 Å². The van der Waals surface area contributed by atoms with Crippen molar-refractivity contribution in [3.63, 3.8) is 0 Å². The summed E-state index contributed by atoms with van der Waals surface area (Å²) in [4.78, 5) is 13.6. The van der Waals surface area contributed by atoms with Crippen LogP contribution in [0.5, 0.6) is 5.75 Å². The molecule has 4 heterocycles. The van der Waals surface area contributed by atoms with Gasteiger partial charge in [-0.3, -0.25) is 4.40 Å². The van der Waals surface area contributed by atoms with Gasteiger partial charge in [-0.25, -0.2) is 22.7 Å². The lowest BCUT2D eigenvalue weighted by atomic mass is 10.1. The van der Waals surface area contributed by atoms with Crippen molar-refractivity contribution in [1.29, 1.82) is 0 Å². The molecule has 1 aliphatic heterocycles. The van der Waals surface area contributed by atoms with E-state index in [1.165, 1.54) is 4.31 Å². The summed E-state index contributed by atoms with van der Waals surface area (Å²) in [5.74, 6) is 1.80. The van der Waals surface area contributed by atoms with Crippen LogP contribution in [0.4, 0.5) is 5.95 Å². The second-order valence-corrected chi connectivity index (χ2v) is 9.80. The molecule has 0 atom stereocenters. The summed E-state index contributed by atoms with van der Waals surface area (Å²) in [5.41, 5.74) is 2.99. The molecule has 0 saturated carbocycles. The Balaban J connectivity index is 1.42. The van der Waals surface area contributed by atoms with Gasteiger partial charge in [0.1, 0.15) is 23.4 Å². The zero-order valence-electron chi connectivity index (χ0n) is 18.1. The van der Waals surface area contributed by atoms with Crippen LogP contribution in [0, 0.1) is 0 Å². The fourth-order valence-corrected chi connectivity index (χ4v) is 5.57. The normalized spacial score (nSPS) is 16.2. The molecular weight excluding hydrogens is 444 g/mol. The summed E-state index contributed by atoms with van der Waals surface area (Å²) in [6, 6.07) is 9.44. The summed E-state index contributed by atoms with van der Waals surface area (Å²) in [5, 5.41) is 3.15. The first kappa shape index (κ1) is 21.4. The van der Waals surface area contributed by atoms with E-state index in [1.54, 1.807) is 31.8 Å². The SMILES string of the molecule is COc1cccc(-c2nc3occn3c2-c2ccnc(NCCN3CCCCS3(=O)=O)n2)c1. The molecule has 33 heavy (non-hydrogen) atoms. The van der Waals surface area contributed by atoms with Crippen LogP contribution in [0.3, 0.4) is 0 Å². The van der Waals surface area contributed by atoms with E-state index < -0.39 is 10.0 Å². The summed E-state index contributed by atoms with van der Waals surface area (Å²) >= 11 is 0. The molecule has 4 aromatic rings. The quantitative estimate of drug-likeness (QED) is 0.440. The maximum absolute atomic E-state index is 12.2. The van der Waals surface area contributed by atoms with E-state index in [0.717, 1.165) is 29.8 Å². The Morgan fingerprint density at radius 3 is 2.97 bits per heavy atom. The largest absolute Gasteiger partial charge is 0.497 e. The Hall–Kier alpha value is -3.44. The van der Waals surface area contributed by atoms with Gasteiger partial charge in [-0.05, 0) is 31.0 Å². The van der Waals surface area contributed by atoms with E-state index in [1.807, 2.05) is 28.7 Å². The molecular formula is C22H24N6O4S. The molecule has 1 fully saturated rings. The van der Waals surface area contributed by atoms with Crippen LogP contribution in [0.2, 0.25) is 0 Å². The lowest BCUT2D eigenvalue weighted by molar-refractivity contribution is 0.393. The average Bonchev–Trinajstić information content (AvgIpc) is 3.42. The number of nitrogens with zero attached hydrogens (tertiary/aromatic N) is 5. The summed E-state index contributed by atoms with van der Waals surface area (Å²) < 4.78 is 38.6. The van der Waals surface area contributed by atoms with Crippen molar-refractivity contribution in [3.8, 4) is 28.4 Å². The first-order chi connectivity index (χ1) is 16.0. The highest BCUT2D eigenvalue weighted by Gasteiger charge is 2.25. The Kier molecular flexibility index (Phi) is 5.73. The van der Waals surface area contributed by atoms with Crippen molar-refractivity contribution in [2.24, 2.45) is 0 Å². The van der Waals surface area contributed by atoms with Crippen LogP contribution in [-0.4, -0.2) is 64.6 Å². The summed E-state index contributed by atoms with van der Waals surface area (Å²) in [7, 11) is -1.54. The predicted molar refractivity (Wildman–Crippen MR) is 124 cm³/mol. The molecule has 1 saturated heterocycles. The highest BCUT2D eigenvalue weighted by atomic mass is 32.2. The monoisotopic (exact) mass is 468 g/mol. The van der Waals surface area contributed by atoms with Crippen LogP contribution in [0.25, 0.3) is 28.5 Å². The number of hydrogen-bond acceptors (Lipinski definition) is 8. The molecule has 0 spiro atoms. The average molecular weight is 469 g/mol. The van der Waals surface area contributed by atoms with Crippen LogP contribution in [-0.2, 0) is 10.0 Å². The topological polar surface area (TPSA) is 115 Å².